The molecule has 1 N–H and O–H groups in total. The lowest BCUT2D eigenvalue weighted by atomic mass is 9.76. The van der Waals surface area contributed by atoms with Crippen LogP contribution in [0.2, 0.25) is 0 Å². The van der Waals surface area contributed by atoms with Gasteiger partial charge < -0.3 is 5.11 Å². The van der Waals surface area contributed by atoms with E-state index in [-0.39, 0.29) is 5.41 Å². The Hall–Kier alpha value is -2.87. The van der Waals surface area contributed by atoms with Gasteiger partial charge in [0.15, 0.2) is 0 Å². The first-order valence-electron chi connectivity index (χ1n) is 11.5. The van der Waals surface area contributed by atoms with Gasteiger partial charge >= 0.3 is 0 Å². The lowest BCUT2D eigenvalue weighted by Crippen LogP contribution is -2.19. The van der Waals surface area contributed by atoms with Gasteiger partial charge in [-0.05, 0) is 35.4 Å². The molecule has 0 aliphatic heterocycles. The lowest BCUT2D eigenvalue weighted by Gasteiger charge is -2.28. The highest BCUT2D eigenvalue weighted by Crippen LogP contribution is 2.41. The minimum Gasteiger partial charge on any atom is -0.507 e. The highest BCUT2D eigenvalue weighted by Gasteiger charge is 2.28. The van der Waals surface area contributed by atoms with E-state index in [1.807, 2.05) is 30.5 Å². The van der Waals surface area contributed by atoms with Crippen molar-refractivity contribution in [3.05, 3.63) is 89.5 Å². The van der Waals surface area contributed by atoms with Crippen LogP contribution in [0.3, 0.4) is 0 Å². The second kappa shape index (κ2) is 9.51. The van der Waals surface area contributed by atoms with Gasteiger partial charge in [-0.25, -0.2) is 0 Å². The van der Waals surface area contributed by atoms with Crippen LogP contribution in [0.1, 0.15) is 62.6 Å². The minimum absolute atomic E-state index is 0.313. The minimum atomic E-state index is -0.313. The molecule has 1 saturated carbocycles. The third-order valence-electron chi connectivity index (χ3n) is 6.78. The van der Waals surface area contributed by atoms with Crippen molar-refractivity contribution in [3.8, 4) is 16.9 Å². The van der Waals surface area contributed by atoms with Crippen LogP contribution in [0.15, 0.2) is 77.8 Å². The summed E-state index contributed by atoms with van der Waals surface area (Å²) in [6, 6.07) is 24.9. The molecule has 1 aliphatic carbocycles. The van der Waals surface area contributed by atoms with Crippen LogP contribution >= 0.6 is 0 Å². The first-order valence-corrected chi connectivity index (χ1v) is 11.5. The summed E-state index contributed by atoms with van der Waals surface area (Å²) in [6.45, 7) is 5.19. The number of aromatic hydroxyl groups is 1. The fourth-order valence-corrected chi connectivity index (χ4v) is 4.79. The third-order valence-corrected chi connectivity index (χ3v) is 6.78. The monoisotopic (exact) mass is 411 g/mol. The van der Waals surface area contributed by atoms with Crippen molar-refractivity contribution in [2.45, 2.75) is 51.4 Å². The van der Waals surface area contributed by atoms with Crippen LogP contribution in [0, 0.1) is 5.92 Å². The molecule has 1 aliphatic rings. The molecular weight excluding hydrogens is 378 g/mol. The number of hydrogen-bond donors (Lipinski definition) is 1. The predicted octanol–water partition coefficient (Wildman–Crippen LogP) is 7.38. The molecule has 0 radical (unpaired) electrons. The molecule has 31 heavy (non-hydrogen) atoms. The van der Waals surface area contributed by atoms with Gasteiger partial charge in [-0.15, -0.1) is 0 Å². The Morgan fingerprint density at radius 3 is 2.19 bits per heavy atom. The van der Waals surface area contributed by atoms with Gasteiger partial charge in [-0.1, -0.05) is 106 Å². The zero-order valence-electron chi connectivity index (χ0n) is 18.7. The molecule has 3 aromatic carbocycles. The maximum absolute atomic E-state index is 11.5. The van der Waals surface area contributed by atoms with E-state index in [1.54, 1.807) is 0 Å². The normalized spacial score (nSPS) is 15.4. The smallest absolute Gasteiger partial charge is 0.129 e. The zero-order chi connectivity index (χ0) is 21.7. The Morgan fingerprint density at radius 1 is 0.871 bits per heavy atom. The third kappa shape index (κ3) is 4.74. The molecule has 0 saturated heterocycles. The summed E-state index contributed by atoms with van der Waals surface area (Å²) >= 11 is 0. The molecule has 0 unspecified atom stereocenters. The second-order valence-electron chi connectivity index (χ2n) is 9.28. The first kappa shape index (κ1) is 21.4. The molecule has 0 spiro atoms. The van der Waals surface area contributed by atoms with Gasteiger partial charge in [0.05, 0.1) is 0 Å². The largest absolute Gasteiger partial charge is 0.507 e. The maximum atomic E-state index is 11.5. The van der Waals surface area contributed by atoms with Crippen LogP contribution in [0.5, 0.6) is 5.75 Å². The van der Waals surface area contributed by atoms with Gasteiger partial charge in [-0.3, -0.25) is 4.99 Å². The van der Waals surface area contributed by atoms with E-state index in [4.69, 9.17) is 4.99 Å². The Kier molecular flexibility index (Phi) is 6.56. The van der Waals surface area contributed by atoms with Crippen LogP contribution in [0.4, 0.5) is 0 Å². The average Bonchev–Trinajstić information content (AvgIpc) is 2.81. The first-order chi connectivity index (χ1) is 15.1. The van der Waals surface area contributed by atoms with E-state index in [9.17, 15) is 5.11 Å². The van der Waals surface area contributed by atoms with Crippen molar-refractivity contribution in [2.75, 3.05) is 6.54 Å². The quantitative estimate of drug-likeness (QED) is 0.422. The van der Waals surface area contributed by atoms with Gasteiger partial charge in [0.25, 0.3) is 0 Å². The molecule has 0 aromatic heterocycles. The van der Waals surface area contributed by atoms with Gasteiger partial charge in [0.2, 0.25) is 0 Å². The predicted molar refractivity (Wildman–Crippen MR) is 131 cm³/mol. The van der Waals surface area contributed by atoms with Gasteiger partial charge in [0.1, 0.15) is 5.75 Å². The van der Waals surface area contributed by atoms with E-state index >= 15 is 0 Å². The number of phenols is 1. The molecule has 0 atom stereocenters. The fourth-order valence-electron chi connectivity index (χ4n) is 4.79. The second-order valence-corrected chi connectivity index (χ2v) is 9.28. The molecule has 1 fully saturated rings. The SMILES string of the molecule is CC(C)(c1ccccc1)c1ccc(-c2ccccc2)c(C=NCC2CCCCC2)c1O. The van der Waals surface area contributed by atoms with Gasteiger partial charge in [0, 0.05) is 29.3 Å². The summed E-state index contributed by atoms with van der Waals surface area (Å²) in [5.41, 5.74) is 4.75. The highest BCUT2D eigenvalue weighted by molar-refractivity contribution is 5.94. The number of nitrogens with zero attached hydrogens (tertiary/aromatic N) is 1. The van der Waals surface area contributed by atoms with E-state index in [0.717, 1.165) is 28.8 Å². The Balaban J connectivity index is 1.74. The van der Waals surface area contributed by atoms with Crippen molar-refractivity contribution < 1.29 is 5.11 Å². The van der Waals surface area contributed by atoms with Crippen LogP contribution < -0.4 is 0 Å². The molecule has 0 amide bonds. The number of aliphatic imine (C=N–C) groups is 1. The molecular formula is C29H33NO. The highest BCUT2D eigenvalue weighted by atomic mass is 16.3. The zero-order valence-corrected chi connectivity index (χ0v) is 18.7. The molecule has 4 rings (SSSR count). The van der Waals surface area contributed by atoms with Crippen molar-refractivity contribution in [2.24, 2.45) is 10.9 Å². The summed E-state index contributed by atoms with van der Waals surface area (Å²) in [5.74, 6) is 1.01. The lowest BCUT2D eigenvalue weighted by molar-refractivity contribution is 0.367. The Labute approximate surface area is 186 Å². The van der Waals surface area contributed by atoms with E-state index in [0.29, 0.717) is 11.7 Å². The summed E-state index contributed by atoms with van der Waals surface area (Å²) in [4.78, 5) is 4.82. The van der Waals surface area contributed by atoms with Crippen LogP contribution in [0.25, 0.3) is 11.1 Å². The number of rotatable bonds is 6. The number of benzene rings is 3. The standard InChI is InChI=1S/C29H33NO/c1-29(2,24-16-10-5-11-17-24)27-19-18-25(23-14-8-4-9-15-23)26(28(27)31)21-30-20-22-12-6-3-7-13-22/h4-5,8-11,14-19,21-22,31H,3,6-7,12-13,20H2,1-2H3. The molecule has 0 bridgehead atoms. The van der Waals surface area contributed by atoms with E-state index in [1.165, 1.54) is 37.7 Å². The number of phenolic OH excluding ortho intramolecular Hbond substituents is 1. The van der Waals surface area contributed by atoms with Crippen LogP contribution in [-0.4, -0.2) is 17.9 Å². The summed E-state index contributed by atoms with van der Waals surface area (Å²) in [6.07, 6.45) is 8.46. The van der Waals surface area contributed by atoms with Crippen LogP contribution in [-0.2, 0) is 5.41 Å². The van der Waals surface area contributed by atoms with Crippen molar-refractivity contribution in [1.82, 2.24) is 0 Å². The van der Waals surface area contributed by atoms with Crippen molar-refractivity contribution >= 4 is 6.21 Å². The molecule has 160 valence electrons. The van der Waals surface area contributed by atoms with Gasteiger partial charge in [-0.2, -0.15) is 0 Å². The summed E-state index contributed by atoms with van der Waals surface area (Å²) in [5, 5.41) is 11.5. The molecule has 2 heteroatoms. The average molecular weight is 412 g/mol. The summed E-state index contributed by atoms with van der Waals surface area (Å²) < 4.78 is 0. The van der Waals surface area contributed by atoms with E-state index in [2.05, 4.69) is 62.4 Å². The fraction of sp³-hybridized carbons (Fsp3) is 0.345. The Morgan fingerprint density at radius 2 is 1.52 bits per heavy atom. The number of hydrogen-bond acceptors (Lipinski definition) is 2. The molecule has 3 aromatic rings. The van der Waals surface area contributed by atoms with Crippen molar-refractivity contribution in [1.29, 1.82) is 0 Å². The molecule has 2 nitrogen and oxygen atoms in total. The topological polar surface area (TPSA) is 32.6 Å². The summed E-state index contributed by atoms with van der Waals surface area (Å²) in [7, 11) is 0. The van der Waals surface area contributed by atoms with Crippen molar-refractivity contribution in [3.63, 3.8) is 0 Å². The van der Waals surface area contributed by atoms with E-state index < -0.39 is 0 Å². The maximum Gasteiger partial charge on any atom is 0.129 e. The Bertz CT molecular complexity index is 1020. The molecule has 0 heterocycles.